The minimum atomic E-state index is -1.01. The first-order valence-corrected chi connectivity index (χ1v) is 10.2. The zero-order valence-corrected chi connectivity index (χ0v) is 18.1. The molecule has 0 heterocycles. The third-order valence-electron chi connectivity index (χ3n) is 3.95. The molecule has 0 aliphatic rings. The zero-order chi connectivity index (χ0) is 23.7. The van der Waals surface area contributed by atoms with E-state index in [1.54, 1.807) is 6.92 Å². The summed E-state index contributed by atoms with van der Waals surface area (Å²) in [5, 5.41) is 8.79. The lowest BCUT2D eigenvalue weighted by Crippen LogP contribution is -2.38. The van der Waals surface area contributed by atoms with Gasteiger partial charge in [-0.25, -0.2) is 27.8 Å². The molecule has 174 valence electrons. The van der Waals surface area contributed by atoms with E-state index in [-0.39, 0.29) is 36.9 Å². The summed E-state index contributed by atoms with van der Waals surface area (Å²) in [5.74, 6) is -3.91. The van der Waals surface area contributed by atoms with Gasteiger partial charge < -0.3 is 14.4 Å². The fourth-order valence-corrected chi connectivity index (χ4v) is 3.36. The number of benzene rings is 2. The van der Waals surface area contributed by atoms with Crippen LogP contribution < -0.4 is 10.2 Å². The van der Waals surface area contributed by atoms with E-state index in [1.165, 1.54) is 33.9 Å². The smallest absolute Gasteiger partial charge is 0.409 e. The van der Waals surface area contributed by atoms with Crippen molar-refractivity contribution < 1.29 is 37.4 Å². The van der Waals surface area contributed by atoms with Crippen LogP contribution in [0.5, 0.6) is 11.5 Å². The van der Waals surface area contributed by atoms with Crippen molar-refractivity contribution in [1.82, 2.24) is 14.7 Å². The molecule has 0 aliphatic carbocycles. The molecule has 2 aromatic rings. The molecule has 2 N–H and O–H groups in total. The largest absolute Gasteiger partial charge is 0.451 e. The van der Waals surface area contributed by atoms with Gasteiger partial charge in [-0.1, -0.05) is 0 Å². The van der Waals surface area contributed by atoms with Crippen molar-refractivity contribution >= 4 is 23.9 Å². The highest BCUT2D eigenvalue weighted by Gasteiger charge is 2.19. The zero-order valence-electron chi connectivity index (χ0n) is 17.3. The number of carbonyl (C=O) groups is 2. The van der Waals surface area contributed by atoms with Crippen LogP contribution >= 0.6 is 11.9 Å². The Morgan fingerprint density at radius 2 is 1.72 bits per heavy atom. The molecule has 2 amide bonds. The molecule has 0 radical (unpaired) electrons. The molecular weight excluding hydrogens is 451 g/mol. The standard InChI is InChI=1S/C20H22F3N3O5S/c1-3-30-20(28)25(2)8-9-26(12-18(27)24-29)32-15-10-16(22)19(17(23)11-15)31-14-6-4-13(21)5-7-14/h4-7,10-11,29H,3,8-9,12H2,1-2H3,(H,24,27). The molecule has 0 bridgehead atoms. The van der Waals surface area contributed by atoms with Crippen LogP contribution in [0.4, 0.5) is 18.0 Å². The Morgan fingerprint density at radius 3 is 2.28 bits per heavy atom. The molecule has 0 aliphatic heterocycles. The number of amides is 2. The van der Waals surface area contributed by atoms with Crippen LogP contribution in [0.25, 0.3) is 0 Å². The summed E-state index contributed by atoms with van der Waals surface area (Å²) in [6.07, 6.45) is -0.566. The molecule has 0 saturated carbocycles. The summed E-state index contributed by atoms with van der Waals surface area (Å²) in [5.41, 5.74) is 1.48. The van der Waals surface area contributed by atoms with Crippen molar-refractivity contribution in [3.05, 3.63) is 53.8 Å². The van der Waals surface area contributed by atoms with Crippen molar-refractivity contribution in [3.8, 4) is 11.5 Å². The molecule has 0 atom stereocenters. The molecule has 12 heteroatoms. The molecule has 0 unspecified atom stereocenters. The average Bonchev–Trinajstić information content (AvgIpc) is 2.75. The molecule has 0 spiro atoms. The van der Waals surface area contributed by atoms with Gasteiger partial charge >= 0.3 is 6.09 Å². The number of nitrogens with one attached hydrogen (secondary N) is 1. The quantitative estimate of drug-likeness (QED) is 0.308. The van der Waals surface area contributed by atoms with Crippen LogP contribution in [-0.4, -0.2) is 59.7 Å². The highest BCUT2D eigenvalue weighted by atomic mass is 32.2. The van der Waals surface area contributed by atoms with Crippen molar-refractivity contribution in [3.63, 3.8) is 0 Å². The first-order valence-electron chi connectivity index (χ1n) is 9.39. The normalized spacial score (nSPS) is 10.7. The van der Waals surface area contributed by atoms with Gasteiger partial charge in [0.15, 0.2) is 17.4 Å². The second-order valence-electron chi connectivity index (χ2n) is 6.38. The van der Waals surface area contributed by atoms with Crippen LogP contribution in [0.2, 0.25) is 0 Å². The van der Waals surface area contributed by atoms with E-state index in [1.807, 2.05) is 0 Å². The maximum atomic E-state index is 14.5. The van der Waals surface area contributed by atoms with Crippen LogP contribution in [0.3, 0.4) is 0 Å². The molecule has 0 fully saturated rings. The number of ether oxygens (including phenoxy) is 2. The first kappa shape index (κ1) is 25.3. The van der Waals surface area contributed by atoms with E-state index in [0.29, 0.717) is 0 Å². The SMILES string of the molecule is CCOC(=O)N(C)CCN(CC(=O)NO)Sc1cc(F)c(Oc2ccc(F)cc2)c(F)c1. The minimum absolute atomic E-state index is 0.0489. The van der Waals surface area contributed by atoms with E-state index < -0.39 is 35.2 Å². The van der Waals surface area contributed by atoms with Gasteiger partial charge in [-0.15, -0.1) is 0 Å². The summed E-state index contributed by atoms with van der Waals surface area (Å²) in [6.45, 7) is 1.78. The van der Waals surface area contributed by atoms with Gasteiger partial charge in [-0.05, 0) is 55.3 Å². The van der Waals surface area contributed by atoms with Gasteiger partial charge in [0.05, 0.1) is 13.2 Å². The van der Waals surface area contributed by atoms with E-state index in [2.05, 4.69) is 0 Å². The Kier molecular flexibility index (Phi) is 9.62. The van der Waals surface area contributed by atoms with Crippen LogP contribution in [0, 0.1) is 17.5 Å². The summed E-state index contributed by atoms with van der Waals surface area (Å²) >= 11 is 0.842. The first-order chi connectivity index (χ1) is 15.2. The Morgan fingerprint density at radius 1 is 1.09 bits per heavy atom. The van der Waals surface area contributed by atoms with Crippen LogP contribution in [0.1, 0.15) is 6.92 Å². The van der Waals surface area contributed by atoms with Gasteiger partial charge in [0.2, 0.25) is 0 Å². The number of halogens is 3. The minimum Gasteiger partial charge on any atom is -0.451 e. The lowest BCUT2D eigenvalue weighted by Gasteiger charge is -2.23. The van der Waals surface area contributed by atoms with Gasteiger partial charge in [0.1, 0.15) is 11.6 Å². The maximum absolute atomic E-state index is 14.5. The van der Waals surface area contributed by atoms with Gasteiger partial charge in [-0.2, -0.15) is 0 Å². The van der Waals surface area contributed by atoms with E-state index in [0.717, 1.165) is 36.2 Å². The lowest BCUT2D eigenvalue weighted by atomic mass is 10.3. The molecule has 32 heavy (non-hydrogen) atoms. The predicted molar refractivity (Wildman–Crippen MR) is 110 cm³/mol. The number of nitrogens with zero attached hydrogens (tertiary/aromatic N) is 2. The van der Waals surface area contributed by atoms with Crippen molar-refractivity contribution in [2.24, 2.45) is 0 Å². The topological polar surface area (TPSA) is 91.3 Å². The van der Waals surface area contributed by atoms with E-state index in [9.17, 15) is 22.8 Å². The third kappa shape index (κ3) is 7.62. The number of rotatable bonds is 10. The summed E-state index contributed by atoms with van der Waals surface area (Å²) in [7, 11) is 1.49. The van der Waals surface area contributed by atoms with E-state index >= 15 is 0 Å². The fraction of sp³-hybridized carbons (Fsp3) is 0.300. The predicted octanol–water partition coefficient (Wildman–Crippen LogP) is 3.80. The monoisotopic (exact) mass is 473 g/mol. The lowest BCUT2D eigenvalue weighted by molar-refractivity contribution is -0.129. The average molecular weight is 473 g/mol. The summed E-state index contributed by atoms with van der Waals surface area (Å²) in [4.78, 5) is 24.7. The summed E-state index contributed by atoms with van der Waals surface area (Å²) < 4.78 is 53.4. The van der Waals surface area contributed by atoms with Gasteiger partial charge in [-0.3, -0.25) is 10.0 Å². The van der Waals surface area contributed by atoms with Crippen LogP contribution in [0.15, 0.2) is 41.3 Å². The summed E-state index contributed by atoms with van der Waals surface area (Å²) in [6, 6.07) is 6.65. The second-order valence-corrected chi connectivity index (χ2v) is 7.55. The van der Waals surface area contributed by atoms with E-state index in [4.69, 9.17) is 14.7 Å². The number of hydrogen-bond donors (Lipinski definition) is 2. The Bertz CT molecular complexity index is 910. The third-order valence-corrected chi connectivity index (χ3v) is 4.97. The van der Waals surface area contributed by atoms with Crippen molar-refractivity contribution in [2.75, 3.05) is 33.3 Å². The molecule has 0 saturated heterocycles. The number of likely N-dealkylation sites (N-methyl/N-ethyl adjacent to an activating group) is 1. The second kappa shape index (κ2) is 12.2. The van der Waals surface area contributed by atoms with Gasteiger partial charge in [0.25, 0.3) is 5.91 Å². The number of carbonyl (C=O) groups excluding carboxylic acids is 2. The Balaban J connectivity index is 2.12. The molecule has 2 aromatic carbocycles. The Labute approximate surface area is 187 Å². The highest BCUT2D eigenvalue weighted by molar-refractivity contribution is 7.97. The molecule has 2 rings (SSSR count). The molecule has 0 aromatic heterocycles. The fourth-order valence-electron chi connectivity index (χ4n) is 2.40. The Hall–Kier alpha value is -2.96. The molecule has 8 nitrogen and oxygen atoms in total. The highest BCUT2D eigenvalue weighted by Crippen LogP contribution is 2.33. The molecular formula is C20H22F3N3O5S. The van der Waals surface area contributed by atoms with Crippen LogP contribution in [-0.2, 0) is 9.53 Å². The maximum Gasteiger partial charge on any atom is 0.409 e. The van der Waals surface area contributed by atoms with Crippen molar-refractivity contribution in [1.29, 1.82) is 0 Å². The van der Waals surface area contributed by atoms with Crippen molar-refractivity contribution in [2.45, 2.75) is 11.8 Å². The number of hydroxylamine groups is 1. The number of hydrogen-bond acceptors (Lipinski definition) is 7. The van der Waals surface area contributed by atoms with Gasteiger partial charge in [0, 0.05) is 25.0 Å².